The molecule has 0 aromatic heterocycles. The molecule has 2 N–H and O–H groups in total. The Morgan fingerprint density at radius 2 is 1.44 bits per heavy atom. The molecule has 0 aliphatic heterocycles. The van der Waals surface area contributed by atoms with Crippen molar-refractivity contribution in [3.63, 3.8) is 0 Å². The summed E-state index contributed by atoms with van der Waals surface area (Å²) in [6.45, 7) is 6.24. The highest BCUT2D eigenvalue weighted by Gasteiger charge is 2.15. The van der Waals surface area contributed by atoms with Crippen molar-refractivity contribution in [1.29, 1.82) is 0 Å². The van der Waals surface area contributed by atoms with E-state index in [9.17, 15) is 0 Å². The van der Waals surface area contributed by atoms with Gasteiger partial charge in [-0.2, -0.15) is 0 Å². The number of aryl methyl sites for hydroxylation is 1. The van der Waals surface area contributed by atoms with Crippen LogP contribution in [-0.2, 0) is 0 Å². The zero-order chi connectivity index (χ0) is 13.3. The minimum absolute atomic E-state index is 0.122. The third kappa shape index (κ3) is 2.29. The Labute approximate surface area is 114 Å². The van der Waals surface area contributed by atoms with E-state index in [1.807, 2.05) is 25.1 Å². The van der Waals surface area contributed by atoms with Crippen molar-refractivity contribution in [1.82, 2.24) is 0 Å². The van der Waals surface area contributed by atoms with Gasteiger partial charge in [-0.1, -0.05) is 41.9 Å². The predicted molar refractivity (Wildman–Crippen MR) is 78.1 cm³/mol. The maximum atomic E-state index is 6.40. The molecule has 2 aromatic carbocycles. The summed E-state index contributed by atoms with van der Waals surface area (Å²) < 4.78 is 0. The number of hydrogen-bond acceptors (Lipinski definition) is 1. The van der Waals surface area contributed by atoms with E-state index in [1.54, 1.807) is 0 Å². The molecular weight excluding hydrogens is 242 g/mol. The second kappa shape index (κ2) is 5.13. The maximum absolute atomic E-state index is 6.40. The standard InChI is InChI=1S/C16H18ClN/c1-10-6-4-7-13(11(10)2)16(18)14-8-5-9-15(17)12(14)3/h4-9,16H,18H2,1-3H3. The lowest BCUT2D eigenvalue weighted by molar-refractivity contribution is 0.850. The third-order valence-corrected chi connectivity index (χ3v) is 4.04. The first-order valence-electron chi connectivity index (χ1n) is 6.09. The van der Waals surface area contributed by atoms with Crippen LogP contribution in [-0.4, -0.2) is 0 Å². The largest absolute Gasteiger partial charge is 0.320 e. The van der Waals surface area contributed by atoms with E-state index in [0.717, 1.165) is 16.1 Å². The molecule has 0 heterocycles. The molecule has 0 radical (unpaired) electrons. The molecule has 0 spiro atoms. The van der Waals surface area contributed by atoms with Gasteiger partial charge in [0.1, 0.15) is 0 Å². The first-order chi connectivity index (χ1) is 8.52. The smallest absolute Gasteiger partial charge is 0.0557 e. The fraction of sp³-hybridized carbons (Fsp3) is 0.250. The van der Waals surface area contributed by atoms with Crippen LogP contribution in [0.5, 0.6) is 0 Å². The highest BCUT2D eigenvalue weighted by Crippen LogP contribution is 2.29. The summed E-state index contributed by atoms with van der Waals surface area (Å²) in [7, 11) is 0. The Kier molecular flexibility index (Phi) is 3.74. The van der Waals surface area contributed by atoms with Gasteiger partial charge in [-0.05, 0) is 54.7 Å². The molecular formula is C16H18ClN. The van der Waals surface area contributed by atoms with Gasteiger partial charge in [0.25, 0.3) is 0 Å². The van der Waals surface area contributed by atoms with Crippen molar-refractivity contribution >= 4 is 11.6 Å². The molecule has 18 heavy (non-hydrogen) atoms. The van der Waals surface area contributed by atoms with Gasteiger partial charge in [-0.15, -0.1) is 0 Å². The molecule has 1 nitrogen and oxygen atoms in total. The summed E-state index contributed by atoms with van der Waals surface area (Å²) in [4.78, 5) is 0. The Balaban J connectivity index is 2.51. The number of hydrogen-bond donors (Lipinski definition) is 1. The van der Waals surface area contributed by atoms with Crippen LogP contribution in [0.1, 0.15) is 33.9 Å². The zero-order valence-corrected chi connectivity index (χ0v) is 11.8. The molecule has 2 heteroatoms. The third-order valence-electron chi connectivity index (χ3n) is 3.63. The lowest BCUT2D eigenvalue weighted by Gasteiger charge is -2.19. The predicted octanol–water partition coefficient (Wildman–Crippen LogP) is 4.31. The second-order valence-electron chi connectivity index (χ2n) is 4.72. The summed E-state index contributed by atoms with van der Waals surface area (Å²) in [5, 5.41) is 0.772. The van der Waals surface area contributed by atoms with Crippen LogP contribution in [0, 0.1) is 20.8 Å². The van der Waals surface area contributed by atoms with Crippen LogP contribution in [0.15, 0.2) is 36.4 Å². The van der Waals surface area contributed by atoms with Crippen molar-refractivity contribution < 1.29 is 0 Å². The van der Waals surface area contributed by atoms with Crippen molar-refractivity contribution in [2.24, 2.45) is 5.73 Å². The highest BCUT2D eigenvalue weighted by atomic mass is 35.5. The van der Waals surface area contributed by atoms with E-state index in [1.165, 1.54) is 16.7 Å². The van der Waals surface area contributed by atoms with Crippen molar-refractivity contribution in [2.75, 3.05) is 0 Å². The number of benzene rings is 2. The maximum Gasteiger partial charge on any atom is 0.0557 e. The Morgan fingerprint density at radius 3 is 2.11 bits per heavy atom. The number of halogens is 1. The topological polar surface area (TPSA) is 26.0 Å². The van der Waals surface area contributed by atoms with Gasteiger partial charge in [0.2, 0.25) is 0 Å². The van der Waals surface area contributed by atoms with Crippen LogP contribution in [0.25, 0.3) is 0 Å². The first kappa shape index (κ1) is 13.1. The molecule has 0 aliphatic carbocycles. The van der Waals surface area contributed by atoms with Crippen LogP contribution in [0.4, 0.5) is 0 Å². The van der Waals surface area contributed by atoms with Gasteiger partial charge >= 0.3 is 0 Å². The minimum Gasteiger partial charge on any atom is -0.320 e. The fourth-order valence-corrected chi connectivity index (χ4v) is 2.42. The van der Waals surface area contributed by atoms with Gasteiger partial charge in [-0.3, -0.25) is 0 Å². The molecule has 0 bridgehead atoms. The number of rotatable bonds is 2. The minimum atomic E-state index is -0.122. The van der Waals surface area contributed by atoms with E-state index in [0.29, 0.717) is 0 Å². The first-order valence-corrected chi connectivity index (χ1v) is 6.47. The van der Waals surface area contributed by atoms with Gasteiger partial charge in [0, 0.05) is 5.02 Å². The van der Waals surface area contributed by atoms with E-state index < -0.39 is 0 Å². The molecule has 2 aromatic rings. The molecule has 1 unspecified atom stereocenters. The highest BCUT2D eigenvalue weighted by molar-refractivity contribution is 6.31. The van der Waals surface area contributed by atoms with E-state index >= 15 is 0 Å². The SMILES string of the molecule is Cc1cccc(C(N)c2cccc(Cl)c2C)c1C. The average Bonchev–Trinajstić information content (AvgIpc) is 2.35. The Hall–Kier alpha value is -1.31. The summed E-state index contributed by atoms with van der Waals surface area (Å²) in [5.74, 6) is 0. The summed E-state index contributed by atoms with van der Waals surface area (Å²) in [6.07, 6.45) is 0. The normalized spacial score (nSPS) is 12.5. The Morgan fingerprint density at radius 1 is 0.889 bits per heavy atom. The van der Waals surface area contributed by atoms with Crippen LogP contribution >= 0.6 is 11.6 Å². The summed E-state index contributed by atoms with van der Waals surface area (Å²) >= 11 is 6.16. The van der Waals surface area contributed by atoms with Gasteiger partial charge in [0.15, 0.2) is 0 Å². The van der Waals surface area contributed by atoms with Crippen molar-refractivity contribution in [3.05, 3.63) is 69.2 Å². The monoisotopic (exact) mass is 259 g/mol. The van der Waals surface area contributed by atoms with Crippen LogP contribution < -0.4 is 5.73 Å². The summed E-state index contributed by atoms with van der Waals surface area (Å²) in [6, 6.07) is 12.0. The van der Waals surface area contributed by atoms with Gasteiger partial charge < -0.3 is 5.73 Å². The lowest BCUT2D eigenvalue weighted by atomic mass is 9.91. The molecule has 94 valence electrons. The molecule has 0 saturated carbocycles. The fourth-order valence-electron chi connectivity index (χ4n) is 2.24. The quantitative estimate of drug-likeness (QED) is 0.854. The van der Waals surface area contributed by atoms with Gasteiger partial charge in [-0.25, -0.2) is 0 Å². The van der Waals surface area contributed by atoms with Gasteiger partial charge in [0.05, 0.1) is 6.04 Å². The van der Waals surface area contributed by atoms with E-state index in [-0.39, 0.29) is 6.04 Å². The summed E-state index contributed by atoms with van der Waals surface area (Å²) in [5.41, 5.74) is 12.2. The average molecular weight is 260 g/mol. The van der Waals surface area contributed by atoms with Crippen LogP contribution in [0.2, 0.25) is 5.02 Å². The van der Waals surface area contributed by atoms with Crippen molar-refractivity contribution in [2.45, 2.75) is 26.8 Å². The second-order valence-corrected chi connectivity index (χ2v) is 5.13. The Bertz CT molecular complexity index is 524. The molecule has 1 atom stereocenters. The lowest BCUT2D eigenvalue weighted by Crippen LogP contribution is -2.15. The van der Waals surface area contributed by atoms with E-state index in [4.69, 9.17) is 17.3 Å². The zero-order valence-electron chi connectivity index (χ0n) is 11.0. The molecule has 0 fully saturated rings. The molecule has 0 amide bonds. The van der Waals surface area contributed by atoms with Crippen LogP contribution in [0.3, 0.4) is 0 Å². The number of nitrogens with two attached hydrogens (primary N) is 1. The molecule has 2 rings (SSSR count). The van der Waals surface area contributed by atoms with Crippen molar-refractivity contribution in [3.8, 4) is 0 Å². The molecule has 0 saturated heterocycles. The molecule has 0 aliphatic rings. The van der Waals surface area contributed by atoms with E-state index in [2.05, 4.69) is 32.0 Å².